The number of thioether (sulfide) groups is 1. The molecule has 0 heterocycles. The maximum Gasteiger partial charge on any atom is 0.224 e. The number of benzene rings is 1. The smallest absolute Gasteiger partial charge is 0.224 e. The summed E-state index contributed by atoms with van der Waals surface area (Å²) in [5.41, 5.74) is 0.834. The van der Waals surface area contributed by atoms with Crippen LogP contribution in [0.3, 0.4) is 0 Å². The number of carbonyl (C=O) groups is 1. The first-order valence-electron chi connectivity index (χ1n) is 5.31. The molecule has 2 N–H and O–H groups in total. The maximum atomic E-state index is 11.5. The number of hydrogen-bond donors (Lipinski definition) is 2. The van der Waals surface area contributed by atoms with Gasteiger partial charge in [-0.2, -0.15) is 0 Å². The van der Waals surface area contributed by atoms with E-state index >= 15 is 0 Å². The summed E-state index contributed by atoms with van der Waals surface area (Å²) in [4.78, 5) is 12.6. The van der Waals surface area contributed by atoms with Gasteiger partial charge in [0.2, 0.25) is 5.91 Å². The number of hydrogen-bond acceptors (Lipinski definition) is 3. The van der Waals surface area contributed by atoms with E-state index in [0.29, 0.717) is 12.8 Å². The molecule has 1 aromatic rings. The molecule has 1 aromatic carbocycles. The number of rotatable bonds is 6. The van der Waals surface area contributed by atoms with E-state index in [1.165, 1.54) is 0 Å². The summed E-state index contributed by atoms with van der Waals surface area (Å²) in [7, 11) is 0. The van der Waals surface area contributed by atoms with E-state index in [9.17, 15) is 4.79 Å². The van der Waals surface area contributed by atoms with Crippen molar-refractivity contribution in [2.45, 2.75) is 24.2 Å². The summed E-state index contributed by atoms with van der Waals surface area (Å²) in [6.45, 7) is 0.148. The molecule has 1 rings (SSSR count). The van der Waals surface area contributed by atoms with Gasteiger partial charge in [-0.25, -0.2) is 0 Å². The standard InChI is InChI=1S/C12H17NO2S/c1-16-11-6-4-5-10(9-11)13-12(15)7-2-3-8-14/h4-6,9,14H,2-3,7-8H2,1H3,(H,13,15). The summed E-state index contributed by atoms with van der Waals surface area (Å²) in [6, 6.07) is 7.76. The highest BCUT2D eigenvalue weighted by molar-refractivity contribution is 7.98. The number of unbranched alkanes of at least 4 members (excludes halogenated alkanes) is 1. The van der Waals surface area contributed by atoms with E-state index in [4.69, 9.17) is 5.11 Å². The molecule has 0 radical (unpaired) electrons. The van der Waals surface area contributed by atoms with Crippen LogP contribution < -0.4 is 5.32 Å². The van der Waals surface area contributed by atoms with Gasteiger partial charge in [-0.3, -0.25) is 4.79 Å². The largest absolute Gasteiger partial charge is 0.396 e. The molecule has 16 heavy (non-hydrogen) atoms. The Morgan fingerprint density at radius 1 is 1.44 bits per heavy atom. The van der Waals surface area contributed by atoms with Gasteiger partial charge in [-0.05, 0) is 37.3 Å². The van der Waals surface area contributed by atoms with E-state index in [1.54, 1.807) is 11.8 Å². The molecule has 0 aromatic heterocycles. The van der Waals surface area contributed by atoms with Gasteiger partial charge in [0.15, 0.2) is 0 Å². The molecule has 0 fully saturated rings. The Hall–Kier alpha value is -1.00. The van der Waals surface area contributed by atoms with Crippen LogP contribution in [0.15, 0.2) is 29.2 Å². The van der Waals surface area contributed by atoms with Crippen molar-refractivity contribution >= 4 is 23.4 Å². The minimum absolute atomic E-state index is 0.00621. The van der Waals surface area contributed by atoms with E-state index < -0.39 is 0 Å². The lowest BCUT2D eigenvalue weighted by molar-refractivity contribution is -0.116. The zero-order chi connectivity index (χ0) is 11.8. The molecule has 0 spiro atoms. The fraction of sp³-hybridized carbons (Fsp3) is 0.417. The second kappa shape index (κ2) is 7.30. The molecular weight excluding hydrogens is 222 g/mol. The lowest BCUT2D eigenvalue weighted by atomic mass is 10.2. The predicted molar refractivity (Wildman–Crippen MR) is 67.8 cm³/mol. The zero-order valence-corrected chi connectivity index (χ0v) is 10.2. The number of aliphatic hydroxyl groups excluding tert-OH is 1. The third-order valence-corrected chi connectivity index (χ3v) is 2.89. The average Bonchev–Trinajstić information content (AvgIpc) is 2.29. The SMILES string of the molecule is CSc1cccc(NC(=O)CCCCO)c1. The van der Waals surface area contributed by atoms with Gasteiger partial charge in [-0.15, -0.1) is 11.8 Å². The van der Waals surface area contributed by atoms with Crippen LogP contribution in [0.5, 0.6) is 0 Å². The van der Waals surface area contributed by atoms with Crippen LogP contribution >= 0.6 is 11.8 Å². The Balaban J connectivity index is 2.43. The molecule has 0 aliphatic heterocycles. The molecule has 0 unspecified atom stereocenters. The molecule has 0 atom stereocenters. The molecule has 3 nitrogen and oxygen atoms in total. The molecule has 0 saturated carbocycles. The highest BCUT2D eigenvalue weighted by atomic mass is 32.2. The molecule has 0 saturated heterocycles. The zero-order valence-electron chi connectivity index (χ0n) is 9.40. The topological polar surface area (TPSA) is 49.3 Å². The Morgan fingerprint density at radius 3 is 2.94 bits per heavy atom. The van der Waals surface area contributed by atoms with Gasteiger partial charge in [0.25, 0.3) is 0 Å². The fourth-order valence-electron chi connectivity index (χ4n) is 1.32. The number of anilines is 1. The van der Waals surface area contributed by atoms with Gasteiger partial charge in [0, 0.05) is 23.6 Å². The molecule has 88 valence electrons. The molecule has 4 heteroatoms. The van der Waals surface area contributed by atoms with E-state index in [1.807, 2.05) is 30.5 Å². The quantitative estimate of drug-likeness (QED) is 0.592. The number of amides is 1. The molecule has 1 amide bonds. The third kappa shape index (κ3) is 4.68. The van der Waals surface area contributed by atoms with Crippen LogP contribution in [0.1, 0.15) is 19.3 Å². The Kier molecular flexibility index (Phi) is 5.96. The van der Waals surface area contributed by atoms with Crippen LogP contribution in [0, 0.1) is 0 Å². The van der Waals surface area contributed by atoms with Crippen molar-refractivity contribution in [1.29, 1.82) is 0 Å². The van der Waals surface area contributed by atoms with Crippen molar-refractivity contribution in [2.24, 2.45) is 0 Å². The Bertz CT molecular complexity index is 342. The summed E-state index contributed by atoms with van der Waals surface area (Å²) in [5, 5.41) is 11.4. The monoisotopic (exact) mass is 239 g/mol. The summed E-state index contributed by atoms with van der Waals surface area (Å²) >= 11 is 1.65. The maximum absolute atomic E-state index is 11.5. The predicted octanol–water partition coefficient (Wildman–Crippen LogP) is 2.51. The van der Waals surface area contributed by atoms with E-state index in [-0.39, 0.29) is 12.5 Å². The Labute approximate surface area is 100 Å². The first-order valence-corrected chi connectivity index (χ1v) is 6.53. The average molecular weight is 239 g/mol. The van der Waals surface area contributed by atoms with Crippen molar-refractivity contribution in [3.05, 3.63) is 24.3 Å². The molecular formula is C12H17NO2S. The normalized spacial score (nSPS) is 10.1. The Morgan fingerprint density at radius 2 is 2.25 bits per heavy atom. The lowest BCUT2D eigenvalue weighted by Gasteiger charge is -2.06. The van der Waals surface area contributed by atoms with Crippen molar-refractivity contribution in [1.82, 2.24) is 0 Å². The highest BCUT2D eigenvalue weighted by Crippen LogP contribution is 2.19. The van der Waals surface area contributed by atoms with Crippen LogP contribution in [0.4, 0.5) is 5.69 Å². The van der Waals surface area contributed by atoms with Crippen molar-refractivity contribution in [3.8, 4) is 0 Å². The van der Waals surface area contributed by atoms with Crippen molar-refractivity contribution in [2.75, 3.05) is 18.2 Å². The van der Waals surface area contributed by atoms with Gasteiger partial charge < -0.3 is 10.4 Å². The van der Waals surface area contributed by atoms with Crippen LogP contribution in [-0.4, -0.2) is 23.9 Å². The number of aliphatic hydroxyl groups is 1. The summed E-state index contributed by atoms with van der Waals surface area (Å²) < 4.78 is 0. The number of nitrogens with one attached hydrogen (secondary N) is 1. The minimum atomic E-state index is 0.00621. The summed E-state index contributed by atoms with van der Waals surface area (Å²) in [6.07, 6.45) is 3.87. The third-order valence-electron chi connectivity index (χ3n) is 2.17. The second-order valence-electron chi connectivity index (χ2n) is 3.46. The van der Waals surface area contributed by atoms with Crippen LogP contribution in [0.25, 0.3) is 0 Å². The number of carbonyl (C=O) groups excluding carboxylic acids is 1. The molecule has 0 bridgehead atoms. The van der Waals surface area contributed by atoms with Gasteiger partial charge in [0.1, 0.15) is 0 Å². The van der Waals surface area contributed by atoms with Crippen molar-refractivity contribution < 1.29 is 9.90 Å². The van der Waals surface area contributed by atoms with Crippen molar-refractivity contribution in [3.63, 3.8) is 0 Å². The van der Waals surface area contributed by atoms with E-state index in [2.05, 4.69) is 5.32 Å². The molecule has 0 aliphatic carbocycles. The van der Waals surface area contributed by atoms with Gasteiger partial charge >= 0.3 is 0 Å². The summed E-state index contributed by atoms with van der Waals surface area (Å²) in [5.74, 6) is 0.00621. The first-order chi connectivity index (χ1) is 7.76. The van der Waals surface area contributed by atoms with Gasteiger partial charge in [-0.1, -0.05) is 6.07 Å². The molecule has 0 aliphatic rings. The van der Waals surface area contributed by atoms with Crippen LogP contribution in [0.2, 0.25) is 0 Å². The fourth-order valence-corrected chi connectivity index (χ4v) is 1.78. The van der Waals surface area contributed by atoms with Crippen LogP contribution in [-0.2, 0) is 4.79 Å². The minimum Gasteiger partial charge on any atom is -0.396 e. The van der Waals surface area contributed by atoms with Gasteiger partial charge in [0.05, 0.1) is 0 Å². The lowest BCUT2D eigenvalue weighted by Crippen LogP contribution is -2.11. The first kappa shape index (κ1) is 13.1. The second-order valence-corrected chi connectivity index (χ2v) is 4.34. The van der Waals surface area contributed by atoms with E-state index in [0.717, 1.165) is 17.0 Å². The highest BCUT2D eigenvalue weighted by Gasteiger charge is 2.02.